The number of aromatic carboxylic acids is 1. The summed E-state index contributed by atoms with van der Waals surface area (Å²) < 4.78 is 41.3. The van der Waals surface area contributed by atoms with Gasteiger partial charge in [-0.3, -0.25) is 0 Å². The normalized spacial score (nSPS) is 11.8. The molecule has 0 amide bonds. The molecule has 0 atom stereocenters. The molecule has 1 heterocycles. The lowest BCUT2D eigenvalue weighted by molar-refractivity contribution is -0.174. The minimum Gasteiger partial charge on any atom is -0.476 e. The van der Waals surface area contributed by atoms with Crippen LogP contribution in [0.4, 0.5) is 13.2 Å². The predicted molar refractivity (Wildman–Crippen MR) is 57.9 cm³/mol. The first-order valence-corrected chi connectivity index (χ1v) is 5.65. The Morgan fingerprint density at radius 2 is 2.16 bits per heavy atom. The molecule has 6 nitrogen and oxygen atoms in total. The van der Waals surface area contributed by atoms with E-state index in [1.807, 2.05) is 6.92 Å². The van der Waals surface area contributed by atoms with Gasteiger partial charge in [0, 0.05) is 0 Å². The molecule has 0 aliphatic heterocycles. The van der Waals surface area contributed by atoms with E-state index in [1.165, 1.54) is 4.68 Å². The van der Waals surface area contributed by atoms with E-state index in [2.05, 4.69) is 15.0 Å². The lowest BCUT2D eigenvalue weighted by Gasteiger charge is -2.09. The van der Waals surface area contributed by atoms with Crippen LogP contribution in [0.15, 0.2) is 0 Å². The molecular weight excluding hydrogens is 267 g/mol. The molecule has 0 bridgehead atoms. The number of carbonyl (C=O) groups is 1. The molecule has 0 aromatic carbocycles. The fourth-order valence-corrected chi connectivity index (χ4v) is 1.50. The third kappa shape index (κ3) is 4.86. The van der Waals surface area contributed by atoms with Gasteiger partial charge < -0.3 is 9.84 Å². The van der Waals surface area contributed by atoms with Gasteiger partial charge in [0.05, 0.1) is 18.8 Å². The zero-order chi connectivity index (χ0) is 14.5. The van der Waals surface area contributed by atoms with Gasteiger partial charge in [-0.1, -0.05) is 18.6 Å². The van der Waals surface area contributed by atoms with Gasteiger partial charge in [-0.05, 0) is 6.42 Å². The number of ether oxygens (including phenoxy) is 1. The molecule has 19 heavy (non-hydrogen) atoms. The molecule has 0 aliphatic carbocycles. The minimum absolute atomic E-state index is 0.0334. The fourth-order valence-electron chi connectivity index (χ4n) is 1.50. The second kappa shape index (κ2) is 6.50. The van der Waals surface area contributed by atoms with Crippen LogP contribution in [0.1, 0.15) is 29.5 Å². The van der Waals surface area contributed by atoms with E-state index in [0.29, 0.717) is 18.5 Å². The van der Waals surface area contributed by atoms with Crippen LogP contribution in [0.25, 0.3) is 0 Å². The van der Waals surface area contributed by atoms with E-state index in [9.17, 15) is 18.0 Å². The average molecular weight is 281 g/mol. The number of halogens is 3. The highest BCUT2D eigenvalue weighted by Gasteiger charge is 2.27. The maximum Gasteiger partial charge on any atom is 0.411 e. The van der Waals surface area contributed by atoms with Crippen molar-refractivity contribution in [2.75, 3.05) is 13.2 Å². The van der Waals surface area contributed by atoms with Crippen molar-refractivity contribution in [2.24, 2.45) is 0 Å². The van der Waals surface area contributed by atoms with Crippen LogP contribution in [0, 0.1) is 0 Å². The summed E-state index contributed by atoms with van der Waals surface area (Å²) in [6.45, 7) is 0.337. The van der Waals surface area contributed by atoms with E-state index in [4.69, 9.17) is 5.11 Å². The van der Waals surface area contributed by atoms with Crippen LogP contribution >= 0.6 is 0 Å². The summed E-state index contributed by atoms with van der Waals surface area (Å²) in [5.74, 6) is -1.20. The van der Waals surface area contributed by atoms with Crippen LogP contribution in [-0.2, 0) is 17.7 Å². The van der Waals surface area contributed by atoms with Crippen molar-refractivity contribution in [1.29, 1.82) is 0 Å². The molecule has 1 N–H and O–H groups in total. The maximum atomic E-state index is 11.9. The Balaban J connectivity index is 2.60. The van der Waals surface area contributed by atoms with Gasteiger partial charge in [0.15, 0.2) is 5.69 Å². The molecular formula is C10H14F3N3O3. The predicted octanol–water partition coefficient (Wildman–Crippen LogP) is 1.51. The Bertz CT molecular complexity index is 431. The van der Waals surface area contributed by atoms with Crippen LogP contribution < -0.4 is 0 Å². The maximum absolute atomic E-state index is 11.9. The van der Waals surface area contributed by atoms with Crippen LogP contribution in [0.5, 0.6) is 0 Å². The molecule has 0 aliphatic rings. The molecule has 108 valence electrons. The average Bonchev–Trinajstić information content (AvgIpc) is 2.67. The van der Waals surface area contributed by atoms with Crippen molar-refractivity contribution in [3.8, 4) is 0 Å². The van der Waals surface area contributed by atoms with Gasteiger partial charge in [-0.25, -0.2) is 9.48 Å². The standard InChI is InChI=1S/C10H14F3N3O3/c1-2-3-7-8(9(17)18)14-15-16(7)4-5-19-6-10(11,12)13/h2-6H2,1H3,(H,17,18). The molecule has 0 saturated heterocycles. The van der Waals surface area contributed by atoms with Crippen molar-refractivity contribution in [3.63, 3.8) is 0 Å². The van der Waals surface area contributed by atoms with Crippen molar-refractivity contribution in [3.05, 3.63) is 11.4 Å². The number of carboxylic acid groups (broad SMARTS) is 1. The topological polar surface area (TPSA) is 77.2 Å². The molecule has 0 spiro atoms. The van der Waals surface area contributed by atoms with E-state index in [1.54, 1.807) is 0 Å². The lowest BCUT2D eigenvalue weighted by atomic mass is 10.2. The zero-order valence-corrected chi connectivity index (χ0v) is 10.3. The smallest absolute Gasteiger partial charge is 0.411 e. The lowest BCUT2D eigenvalue weighted by Crippen LogP contribution is -2.20. The van der Waals surface area contributed by atoms with E-state index < -0.39 is 18.8 Å². The van der Waals surface area contributed by atoms with Gasteiger partial charge in [0.25, 0.3) is 0 Å². The van der Waals surface area contributed by atoms with Gasteiger partial charge in [-0.2, -0.15) is 13.2 Å². The van der Waals surface area contributed by atoms with Crippen molar-refractivity contribution in [2.45, 2.75) is 32.5 Å². The number of rotatable bonds is 7. The van der Waals surface area contributed by atoms with Crippen molar-refractivity contribution < 1.29 is 27.8 Å². The highest BCUT2D eigenvalue weighted by molar-refractivity contribution is 5.86. The molecule has 1 rings (SSSR count). The number of alkyl halides is 3. The van der Waals surface area contributed by atoms with Gasteiger partial charge in [-0.15, -0.1) is 5.10 Å². The zero-order valence-electron chi connectivity index (χ0n) is 10.3. The van der Waals surface area contributed by atoms with Crippen LogP contribution in [0.3, 0.4) is 0 Å². The molecule has 0 saturated carbocycles. The summed E-state index contributed by atoms with van der Waals surface area (Å²) in [6.07, 6.45) is -3.26. The summed E-state index contributed by atoms with van der Waals surface area (Å²) in [7, 11) is 0. The highest BCUT2D eigenvalue weighted by atomic mass is 19.4. The summed E-state index contributed by atoms with van der Waals surface area (Å²) >= 11 is 0. The minimum atomic E-state index is -4.37. The Morgan fingerprint density at radius 3 is 2.68 bits per heavy atom. The Morgan fingerprint density at radius 1 is 1.47 bits per heavy atom. The number of aromatic nitrogens is 3. The molecule has 0 unspecified atom stereocenters. The number of hydrogen-bond donors (Lipinski definition) is 1. The SMILES string of the molecule is CCCc1c(C(=O)O)nnn1CCOCC(F)(F)F. The third-order valence-electron chi connectivity index (χ3n) is 2.24. The highest BCUT2D eigenvalue weighted by Crippen LogP contribution is 2.14. The van der Waals surface area contributed by atoms with Gasteiger partial charge >= 0.3 is 12.1 Å². The van der Waals surface area contributed by atoms with E-state index in [0.717, 1.165) is 0 Å². The summed E-state index contributed by atoms with van der Waals surface area (Å²) in [6, 6.07) is 0. The summed E-state index contributed by atoms with van der Waals surface area (Å²) in [5.41, 5.74) is 0.225. The number of carboxylic acids is 1. The largest absolute Gasteiger partial charge is 0.476 e. The van der Waals surface area contributed by atoms with E-state index in [-0.39, 0.29) is 18.8 Å². The summed E-state index contributed by atoms with van der Waals surface area (Å²) in [4.78, 5) is 10.9. The third-order valence-corrected chi connectivity index (χ3v) is 2.24. The van der Waals surface area contributed by atoms with E-state index >= 15 is 0 Å². The van der Waals surface area contributed by atoms with Crippen LogP contribution in [-0.4, -0.2) is 45.5 Å². The first kappa shape index (κ1) is 15.4. The Labute approximate surface area is 107 Å². The molecule has 9 heteroatoms. The van der Waals surface area contributed by atoms with Gasteiger partial charge in [0.1, 0.15) is 6.61 Å². The number of nitrogens with zero attached hydrogens (tertiary/aromatic N) is 3. The second-order valence-electron chi connectivity index (χ2n) is 3.83. The first-order chi connectivity index (χ1) is 8.85. The summed E-state index contributed by atoms with van der Waals surface area (Å²) in [5, 5.41) is 16.0. The quantitative estimate of drug-likeness (QED) is 0.766. The Hall–Kier alpha value is -1.64. The van der Waals surface area contributed by atoms with Gasteiger partial charge in [0.2, 0.25) is 0 Å². The second-order valence-corrected chi connectivity index (χ2v) is 3.83. The number of hydrogen-bond acceptors (Lipinski definition) is 4. The van der Waals surface area contributed by atoms with Crippen molar-refractivity contribution >= 4 is 5.97 Å². The molecule has 1 aromatic rings. The van der Waals surface area contributed by atoms with Crippen LogP contribution in [0.2, 0.25) is 0 Å². The van der Waals surface area contributed by atoms with Crippen molar-refractivity contribution in [1.82, 2.24) is 15.0 Å². The first-order valence-electron chi connectivity index (χ1n) is 5.65. The molecule has 1 aromatic heterocycles. The molecule has 0 radical (unpaired) electrons. The monoisotopic (exact) mass is 281 g/mol. The fraction of sp³-hybridized carbons (Fsp3) is 0.700. The molecule has 0 fully saturated rings. The Kier molecular flexibility index (Phi) is 5.28.